The van der Waals surface area contributed by atoms with Crippen LogP contribution in [0, 0.1) is 11.8 Å². The Bertz CT molecular complexity index is 721. The molecule has 22 heavy (non-hydrogen) atoms. The molecule has 6 heteroatoms. The van der Waals surface area contributed by atoms with Crippen molar-refractivity contribution < 1.29 is 8.78 Å². The standard InChI is InChI=1S/C16H16ClF2N3/c1-9-3-2-6-22(9)10-4-5-11(14(18)7-10)12-8-13(17)16(20)21-15(12)19/h4-5,7-9H,2-3,6H2,1H3,(H2,20,21)/t9-/m1/s1. The van der Waals surface area contributed by atoms with Gasteiger partial charge in [-0.3, -0.25) is 0 Å². The second kappa shape index (κ2) is 5.72. The number of pyridine rings is 1. The van der Waals surface area contributed by atoms with Crippen molar-refractivity contribution in [1.29, 1.82) is 0 Å². The van der Waals surface area contributed by atoms with Crippen LogP contribution in [-0.2, 0) is 0 Å². The minimum Gasteiger partial charge on any atom is -0.382 e. The molecular formula is C16H16ClF2N3. The average molecular weight is 324 g/mol. The summed E-state index contributed by atoms with van der Waals surface area (Å²) in [4.78, 5) is 5.65. The van der Waals surface area contributed by atoms with E-state index in [1.165, 1.54) is 12.1 Å². The van der Waals surface area contributed by atoms with Crippen LogP contribution in [0.4, 0.5) is 20.3 Å². The largest absolute Gasteiger partial charge is 0.382 e. The molecule has 0 radical (unpaired) electrons. The molecular weight excluding hydrogens is 308 g/mol. The van der Waals surface area contributed by atoms with E-state index in [1.54, 1.807) is 12.1 Å². The third-order valence-electron chi connectivity index (χ3n) is 4.08. The first-order chi connectivity index (χ1) is 10.5. The summed E-state index contributed by atoms with van der Waals surface area (Å²) in [5.74, 6) is -1.44. The Hall–Kier alpha value is -1.88. The van der Waals surface area contributed by atoms with E-state index in [0.717, 1.165) is 25.1 Å². The molecule has 2 heterocycles. The smallest absolute Gasteiger partial charge is 0.222 e. The van der Waals surface area contributed by atoms with E-state index in [9.17, 15) is 8.78 Å². The maximum Gasteiger partial charge on any atom is 0.222 e. The fraction of sp³-hybridized carbons (Fsp3) is 0.312. The Morgan fingerprint density at radius 3 is 2.68 bits per heavy atom. The number of benzene rings is 1. The zero-order valence-electron chi connectivity index (χ0n) is 12.1. The fourth-order valence-electron chi connectivity index (χ4n) is 2.89. The molecule has 2 N–H and O–H groups in total. The molecule has 1 saturated heterocycles. The lowest BCUT2D eigenvalue weighted by Crippen LogP contribution is -2.26. The van der Waals surface area contributed by atoms with Crippen LogP contribution in [0.15, 0.2) is 24.3 Å². The van der Waals surface area contributed by atoms with Gasteiger partial charge in [0.2, 0.25) is 5.95 Å². The molecule has 0 amide bonds. The highest BCUT2D eigenvalue weighted by molar-refractivity contribution is 6.33. The Kier molecular flexibility index (Phi) is 3.91. The maximum atomic E-state index is 14.4. The lowest BCUT2D eigenvalue weighted by Gasteiger charge is -2.24. The fourth-order valence-corrected chi connectivity index (χ4v) is 3.04. The summed E-state index contributed by atoms with van der Waals surface area (Å²) in [7, 11) is 0. The van der Waals surface area contributed by atoms with Crippen molar-refractivity contribution in [2.45, 2.75) is 25.8 Å². The highest BCUT2D eigenvalue weighted by Gasteiger charge is 2.22. The van der Waals surface area contributed by atoms with Crippen molar-refractivity contribution in [3.63, 3.8) is 0 Å². The Balaban J connectivity index is 2.01. The number of rotatable bonds is 2. The molecule has 1 aliphatic heterocycles. The van der Waals surface area contributed by atoms with Gasteiger partial charge in [-0.1, -0.05) is 11.6 Å². The third-order valence-corrected chi connectivity index (χ3v) is 4.39. The average Bonchev–Trinajstić information content (AvgIpc) is 2.89. The third kappa shape index (κ3) is 2.61. The van der Waals surface area contributed by atoms with E-state index in [2.05, 4.69) is 16.8 Å². The molecule has 3 nitrogen and oxygen atoms in total. The van der Waals surface area contributed by atoms with Crippen molar-refractivity contribution in [2.75, 3.05) is 17.2 Å². The molecule has 0 saturated carbocycles. The number of hydrogen-bond acceptors (Lipinski definition) is 3. The summed E-state index contributed by atoms with van der Waals surface area (Å²) in [5.41, 5.74) is 6.39. The van der Waals surface area contributed by atoms with Gasteiger partial charge in [-0.05, 0) is 44.0 Å². The summed E-state index contributed by atoms with van der Waals surface area (Å²) in [6, 6.07) is 6.47. The van der Waals surface area contributed by atoms with Crippen LogP contribution in [0.1, 0.15) is 19.8 Å². The summed E-state index contributed by atoms with van der Waals surface area (Å²) in [6.45, 7) is 3.02. The van der Waals surface area contributed by atoms with Crippen molar-refractivity contribution in [3.05, 3.63) is 41.1 Å². The number of nitrogens with two attached hydrogens (primary N) is 1. The highest BCUT2D eigenvalue weighted by Crippen LogP contribution is 2.33. The zero-order valence-corrected chi connectivity index (χ0v) is 12.9. The molecule has 1 atom stereocenters. The highest BCUT2D eigenvalue weighted by atomic mass is 35.5. The van der Waals surface area contributed by atoms with Crippen LogP contribution < -0.4 is 10.6 Å². The molecule has 0 spiro atoms. The first-order valence-electron chi connectivity index (χ1n) is 7.15. The predicted octanol–water partition coefficient (Wildman–Crippen LogP) is 4.25. The number of nitrogen functional groups attached to an aromatic ring is 1. The number of hydrogen-bond donors (Lipinski definition) is 1. The second-order valence-electron chi connectivity index (χ2n) is 5.54. The Morgan fingerprint density at radius 2 is 2.05 bits per heavy atom. The van der Waals surface area contributed by atoms with Gasteiger partial charge in [0, 0.05) is 29.4 Å². The Labute approximate surface area is 132 Å². The second-order valence-corrected chi connectivity index (χ2v) is 5.95. The molecule has 1 aromatic heterocycles. The first kappa shape index (κ1) is 15.0. The molecule has 2 aromatic rings. The summed E-state index contributed by atoms with van der Waals surface area (Å²) >= 11 is 5.86. The first-order valence-corrected chi connectivity index (χ1v) is 7.53. The van der Waals surface area contributed by atoms with Crippen molar-refractivity contribution >= 4 is 23.1 Å². The lowest BCUT2D eigenvalue weighted by atomic mass is 10.1. The van der Waals surface area contributed by atoms with Crippen LogP contribution in [0.25, 0.3) is 11.1 Å². The van der Waals surface area contributed by atoms with Gasteiger partial charge in [-0.25, -0.2) is 9.37 Å². The van der Waals surface area contributed by atoms with Gasteiger partial charge >= 0.3 is 0 Å². The van der Waals surface area contributed by atoms with Gasteiger partial charge in [0.25, 0.3) is 0 Å². The van der Waals surface area contributed by atoms with E-state index >= 15 is 0 Å². The number of aromatic nitrogens is 1. The van der Waals surface area contributed by atoms with Gasteiger partial charge in [0.15, 0.2) is 0 Å². The number of nitrogens with zero attached hydrogens (tertiary/aromatic N) is 2. The molecule has 0 unspecified atom stereocenters. The molecule has 3 rings (SSSR count). The van der Waals surface area contributed by atoms with Crippen molar-refractivity contribution in [3.8, 4) is 11.1 Å². The van der Waals surface area contributed by atoms with Crippen molar-refractivity contribution in [2.24, 2.45) is 0 Å². The minimum atomic E-state index is -0.830. The van der Waals surface area contributed by atoms with Crippen molar-refractivity contribution in [1.82, 2.24) is 4.98 Å². The van der Waals surface area contributed by atoms with E-state index in [1.807, 2.05) is 0 Å². The molecule has 116 valence electrons. The van der Waals surface area contributed by atoms with Crippen LogP contribution >= 0.6 is 11.6 Å². The molecule has 1 aliphatic rings. The van der Waals surface area contributed by atoms with Crippen LogP contribution in [0.3, 0.4) is 0 Å². The predicted molar refractivity (Wildman–Crippen MR) is 85.1 cm³/mol. The van der Waals surface area contributed by atoms with E-state index in [0.29, 0.717) is 6.04 Å². The van der Waals surface area contributed by atoms with Crippen LogP contribution in [0.2, 0.25) is 5.02 Å². The number of anilines is 2. The van der Waals surface area contributed by atoms with Gasteiger partial charge in [-0.15, -0.1) is 0 Å². The van der Waals surface area contributed by atoms with Crippen LogP contribution in [-0.4, -0.2) is 17.6 Å². The minimum absolute atomic E-state index is 0.0118. The summed E-state index contributed by atoms with van der Waals surface area (Å²) < 4.78 is 28.4. The molecule has 1 aromatic carbocycles. The van der Waals surface area contributed by atoms with Gasteiger partial charge < -0.3 is 10.6 Å². The SMILES string of the molecule is C[C@@H]1CCCN1c1ccc(-c2cc(Cl)c(N)nc2F)c(F)c1. The molecule has 0 aliphatic carbocycles. The topological polar surface area (TPSA) is 42.1 Å². The van der Waals surface area contributed by atoms with Gasteiger partial charge in [-0.2, -0.15) is 4.39 Å². The Morgan fingerprint density at radius 1 is 1.27 bits per heavy atom. The van der Waals surface area contributed by atoms with Crippen LogP contribution in [0.5, 0.6) is 0 Å². The monoisotopic (exact) mass is 323 g/mol. The van der Waals surface area contributed by atoms with Gasteiger partial charge in [0.1, 0.15) is 11.6 Å². The summed E-state index contributed by atoms with van der Waals surface area (Å²) in [6.07, 6.45) is 2.19. The normalized spacial score (nSPS) is 18.0. The van der Waals surface area contributed by atoms with E-state index in [4.69, 9.17) is 17.3 Å². The van der Waals surface area contributed by atoms with E-state index in [-0.39, 0.29) is 22.0 Å². The van der Waals surface area contributed by atoms with Gasteiger partial charge in [0.05, 0.1) is 5.02 Å². The maximum absolute atomic E-state index is 14.4. The number of halogens is 3. The lowest BCUT2D eigenvalue weighted by molar-refractivity contribution is 0.584. The zero-order chi connectivity index (χ0) is 15.9. The quantitative estimate of drug-likeness (QED) is 0.840. The molecule has 0 bridgehead atoms. The molecule has 1 fully saturated rings. The van der Waals surface area contributed by atoms with E-state index < -0.39 is 11.8 Å². The summed E-state index contributed by atoms with van der Waals surface area (Å²) in [5, 5.41) is 0.105.